The van der Waals surface area contributed by atoms with Crippen molar-refractivity contribution in [3.63, 3.8) is 0 Å². The second-order valence-corrected chi connectivity index (χ2v) is 7.02. The lowest BCUT2D eigenvalue weighted by Crippen LogP contribution is -2.28. The zero-order valence-electron chi connectivity index (χ0n) is 13.9. The third-order valence-corrected chi connectivity index (χ3v) is 4.63. The van der Waals surface area contributed by atoms with Gasteiger partial charge < -0.3 is 9.47 Å². The Bertz CT molecular complexity index is 719. The third-order valence-electron chi connectivity index (χ3n) is 3.23. The average Bonchev–Trinajstić information content (AvgIpc) is 2.82. The van der Waals surface area contributed by atoms with Crippen LogP contribution >= 0.6 is 27.7 Å². The standard InChI is InChI=1S/C17H18BrNO5S/c1-3-7-19-16(21)14(25-17(19)22)9-11-8-12(18)5-6-13(11)24-10-15(20)23-4-2/h5-6,8-9H,3-4,7,10H2,1-2H3/b14-9+. The number of hydrogen-bond donors (Lipinski definition) is 0. The molecule has 0 bridgehead atoms. The Labute approximate surface area is 158 Å². The summed E-state index contributed by atoms with van der Waals surface area (Å²) in [5.41, 5.74) is 0.598. The molecule has 1 saturated heterocycles. The van der Waals surface area contributed by atoms with Gasteiger partial charge in [-0.05, 0) is 49.4 Å². The molecule has 0 unspecified atom stereocenters. The largest absolute Gasteiger partial charge is 0.481 e. The minimum Gasteiger partial charge on any atom is -0.481 e. The van der Waals surface area contributed by atoms with Crippen molar-refractivity contribution < 1.29 is 23.9 Å². The highest BCUT2D eigenvalue weighted by Gasteiger charge is 2.34. The molecule has 1 fully saturated rings. The molecule has 2 rings (SSSR count). The van der Waals surface area contributed by atoms with E-state index in [9.17, 15) is 14.4 Å². The smallest absolute Gasteiger partial charge is 0.344 e. The highest BCUT2D eigenvalue weighted by molar-refractivity contribution is 9.10. The van der Waals surface area contributed by atoms with Crippen molar-refractivity contribution in [1.29, 1.82) is 0 Å². The van der Waals surface area contributed by atoms with Crippen LogP contribution < -0.4 is 4.74 Å². The molecule has 1 aromatic rings. The first-order valence-corrected chi connectivity index (χ1v) is 9.40. The lowest BCUT2D eigenvalue weighted by atomic mass is 10.2. The van der Waals surface area contributed by atoms with Crippen molar-refractivity contribution in [2.75, 3.05) is 19.8 Å². The fourth-order valence-corrected chi connectivity index (χ4v) is 3.40. The maximum Gasteiger partial charge on any atom is 0.344 e. The van der Waals surface area contributed by atoms with Crippen LogP contribution in [-0.4, -0.2) is 41.8 Å². The van der Waals surface area contributed by atoms with Crippen molar-refractivity contribution in [3.8, 4) is 5.75 Å². The Morgan fingerprint density at radius 3 is 2.76 bits per heavy atom. The summed E-state index contributed by atoms with van der Waals surface area (Å²) < 4.78 is 11.1. The lowest BCUT2D eigenvalue weighted by molar-refractivity contribution is -0.145. The summed E-state index contributed by atoms with van der Waals surface area (Å²) in [6.07, 6.45) is 2.31. The molecule has 0 N–H and O–H groups in total. The number of ether oxygens (including phenoxy) is 2. The molecule has 0 saturated carbocycles. The normalized spacial score (nSPS) is 15.8. The van der Waals surface area contributed by atoms with Crippen LogP contribution in [0, 0.1) is 0 Å². The van der Waals surface area contributed by atoms with E-state index >= 15 is 0 Å². The molecule has 0 spiro atoms. The summed E-state index contributed by atoms with van der Waals surface area (Å²) in [5, 5.41) is -0.276. The highest BCUT2D eigenvalue weighted by atomic mass is 79.9. The van der Waals surface area contributed by atoms with Crippen molar-refractivity contribution in [2.24, 2.45) is 0 Å². The number of halogens is 1. The van der Waals surface area contributed by atoms with E-state index in [0.717, 1.165) is 16.2 Å². The predicted molar refractivity (Wildman–Crippen MR) is 99.2 cm³/mol. The second kappa shape index (κ2) is 9.05. The number of carbonyl (C=O) groups is 3. The number of imide groups is 1. The Hall–Kier alpha value is -1.80. The van der Waals surface area contributed by atoms with Crippen molar-refractivity contribution >= 4 is 50.9 Å². The monoisotopic (exact) mass is 427 g/mol. The van der Waals surface area contributed by atoms with Crippen LogP contribution in [0.25, 0.3) is 6.08 Å². The van der Waals surface area contributed by atoms with Crippen LogP contribution in [0.1, 0.15) is 25.8 Å². The third kappa shape index (κ3) is 5.09. The SMILES string of the molecule is CCCN1C(=O)S/C(=C/c2cc(Br)ccc2OCC(=O)OCC)C1=O. The van der Waals surface area contributed by atoms with Crippen molar-refractivity contribution in [2.45, 2.75) is 20.3 Å². The van der Waals surface area contributed by atoms with Crippen molar-refractivity contribution in [3.05, 3.63) is 33.1 Å². The van der Waals surface area contributed by atoms with Gasteiger partial charge in [-0.25, -0.2) is 4.79 Å². The summed E-state index contributed by atoms with van der Waals surface area (Å²) in [4.78, 5) is 37.3. The van der Waals surface area contributed by atoms with Gasteiger partial charge in [0.25, 0.3) is 11.1 Å². The van der Waals surface area contributed by atoms with Crippen LogP contribution in [0.4, 0.5) is 4.79 Å². The van der Waals surface area contributed by atoms with Crippen LogP contribution in [0.3, 0.4) is 0 Å². The average molecular weight is 428 g/mol. The molecule has 1 aliphatic rings. The van der Waals surface area contributed by atoms with E-state index in [1.54, 1.807) is 31.2 Å². The number of thioether (sulfide) groups is 1. The summed E-state index contributed by atoms with van der Waals surface area (Å²) in [6, 6.07) is 5.21. The molecular formula is C17H18BrNO5S. The predicted octanol–water partition coefficient (Wildman–Crippen LogP) is 3.84. The Morgan fingerprint density at radius 2 is 2.08 bits per heavy atom. The number of esters is 1. The molecule has 6 nitrogen and oxygen atoms in total. The van der Waals surface area contributed by atoms with E-state index in [1.165, 1.54) is 4.90 Å². The molecule has 1 heterocycles. The van der Waals surface area contributed by atoms with E-state index in [-0.39, 0.29) is 24.4 Å². The van der Waals surface area contributed by atoms with Gasteiger partial charge in [0.05, 0.1) is 11.5 Å². The molecule has 1 aliphatic heterocycles. The molecule has 0 aliphatic carbocycles. The molecule has 0 radical (unpaired) electrons. The van der Waals surface area contributed by atoms with E-state index in [2.05, 4.69) is 15.9 Å². The maximum absolute atomic E-state index is 12.3. The van der Waals surface area contributed by atoms with Crippen LogP contribution in [0.5, 0.6) is 5.75 Å². The highest BCUT2D eigenvalue weighted by Crippen LogP contribution is 2.34. The zero-order valence-corrected chi connectivity index (χ0v) is 16.3. The first kappa shape index (κ1) is 19.5. The summed E-state index contributed by atoms with van der Waals surface area (Å²) in [7, 11) is 0. The second-order valence-electron chi connectivity index (χ2n) is 5.11. The van der Waals surface area contributed by atoms with E-state index < -0.39 is 5.97 Å². The van der Waals surface area contributed by atoms with Gasteiger partial charge in [0, 0.05) is 16.6 Å². The number of hydrogen-bond acceptors (Lipinski definition) is 6. The Kier molecular flexibility index (Phi) is 7.07. The Morgan fingerprint density at radius 1 is 1.32 bits per heavy atom. The zero-order chi connectivity index (χ0) is 18.4. The molecule has 25 heavy (non-hydrogen) atoms. The van der Waals surface area contributed by atoms with Gasteiger partial charge in [-0.1, -0.05) is 22.9 Å². The first-order chi connectivity index (χ1) is 12.0. The van der Waals surface area contributed by atoms with E-state index in [4.69, 9.17) is 9.47 Å². The minimum absolute atomic E-state index is 0.229. The molecule has 0 aromatic heterocycles. The maximum atomic E-state index is 12.3. The van der Waals surface area contributed by atoms with Crippen LogP contribution in [0.2, 0.25) is 0 Å². The van der Waals surface area contributed by atoms with Crippen molar-refractivity contribution in [1.82, 2.24) is 4.90 Å². The fraction of sp³-hybridized carbons (Fsp3) is 0.353. The van der Waals surface area contributed by atoms with Gasteiger partial charge in [-0.15, -0.1) is 0 Å². The van der Waals surface area contributed by atoms with E-state index in [0.29, 0.717) is 29.2 Å². The molecule has 1 aromatic carbocycles. The summed E-state index contributed by atoms with van der Waals surface area (Å²) in [5.74, 6) is -0.355. The fourth-order valence-electron chi connectivity index (χ4n) is 2.16. The topological polar surface area (TPSA) is 72.9 Å². The van der Waals surface area contributed by atoms with Gasteiger partial charge in [0.1, 0.15) is 5.75 Å². The minimum atomic E-state index is -0.473. The van der Waals surface area contributed by atoms with Crippen LogP contribution in [-0.2, 0) is 14.3 Å². The Balaban J connectivity index is 2.23. The number of benzene rings is 1. The van der Waals surface area contributed by atoms with E-state index in [1.807, 2.05) is 6.92 Å². The lowest BCUT2D eigenvalue weighted by Gasteiger charge is -2.11. The first-order valence-electron chi connectivity index (χ1n) is 7.79. The molecule has 134 valence electrons. The molecular weight excluding hydrogens is 410 g/mol. The van der Waals surface area contributed by atoms with Gasteiger partial charge >= 0.3 is 5.97 Å². The van der Waals surface area contributed by atoms with Gasteiger partial charge in [0.2, 0.25) is 0 Å². The van der Waals surface area contributed by atoms with Gasteiger partial charge in [-0.3, -0.25) is 14.5 Å². The van der Waals surface area contributed by atoms with Gasteiger partial charge in [-0.2, -0.15) is 0 Å². The molecule has 8 heteroatoms. The number of carbonyl (C=O) groups excluding carboxylic acids is 3. The molecule has 0 atom stereocenters. The number of nitrogens with zero attached hydrogens (tertiary/aromatic N) is 1. The summed E-state index contributed by atoms with van der Waals surface area (Å²) in [6.45, 7) is 4.07. The number of rotatable bonds is 7. The molecule has 2 amide bonds. The number of amides is 2. The van der Waals surface area contributed by atoms with Crippen LogP contribution in [0.15, 0.2) is 27.6 Å². The van der Waals surface area contributed by atoms with Gasteiger partial charge in [0.15, 0.2) is 6.61 Å². The quantitative estimate of drug-likeness (QED) is 0.486. The summed E-state index contributed by atoms with van der Waals surface area (Å²) >= 11 is 4.27.